The molecule has 0 aromatic carbocycles. The number of fused-ring (bicyclic) bond motifs is 1. The molecule has 3 rings (SSSR count). The summed E-state index contributed by atoms with van der Waals surface area (Å²) in [7, 11) is 0. The molecule has 0 radical (unpaired) electrons. The van der Waals surface area contributed by atoms with Crippen LogP contribution in [0.25, 0.3) is 0 Å². The molecule has 29 heavy (non-hydrogen) atoms. The number of aliphatic hydroxyl groups is 1. The van der Waals surface area contributed by atoms with E-state index in [1.165, 1.54) is 23.6 Å². The summed E-state index contributed by atoms with van der Waals surface area (Å²) in [6.45, 7) is 5.89. The van der Waals surface area contributed by atoms with Crippen LogP contribution in [0.1, 0.15) is 27.2 Å². The minimum absolute atomic E-state index is 0.00595. The molecule has 162 valence electrons. The summed E-state index contributed by atoms with van der Waals surface area (Å²) >= 11 is 1.49. The first kappa shape index (κ1) is 21.9. The van der Waals surface area contributed by atoms with Crippen molar-refractivity contribution in [3.8, 4) is 0 Å². The van der Waals surface area contributed by atoms with Crippen LogP contribution in [0.5, 0.6) is 0 Å². The van der Waals surface area contributed by atoms with E-state index in [1.807, 2.05) is 6.92 Å². The van der Waals surface area contributed by atoms with Crippen molar-refractivity contribution in [3.05, 3.63) is 10.8 Å². The fraction of sp³-hybridized carbons (Fsp3) is 0.722. The van der Waals surface area contributed by atoms with Crippen LogP contribution in [-0.4, -0.2) is 75.7 Å². The number of thioether (sulfide) groups is 1. The van der Waals surface area contributed by atoms with Gasteiger partial charge in [0.05, 0.1) is 29.0 Å². The van der Waals surface area contributed by atoms with Crippen molar-refractivity contribution in [3.63, 3.8) is 0 Å². The molecule has 0 bridgehead atoms. The number of carbonyl (C=O) groups is 3. The zero-order valence-corrected chi connectivity index (χ0v) is 17.4. The molecule has 0 aromatic rings. The van der Waals surface area contributed by atoms with Gasteiger partial charge in [-0.05, 0) is 13.3 Å². The molecule has 3 aliphatic rings. The molecule has 0 saturated carbocycles. The Kier molecular flexibility index (Phi) is 6.42. The first-order valence-corrected chi connectivity index (χ1v) is 10.6. The minimum atomic E-state index is -1.48. The second-order valence-electron chi connectivity index (χ2n) is 7.82. The molecule has 0 spiro atoms. The van der Waals surface area contributed by atoms with Gasteiger partial charge >= 0.3 is 6.16 Å². The zero-order valence-electron chi connectivity index (χ0n) is 16.6. The van der Waals surface area contributed by atoms with Crippen molar-refractivity contribution in [1.82, 2.24) is 15.5 Å². The number of hydrogen-bond acceptors (Lipinski definition) is 8. The van der Waals surface area contributed by atoms with E-state index in [2.05, 4.69) is 10.6 Å². The summed E-state index contributed by atoms with van der Waals surface area (Å²) in [5.41, 5.74) is 5.79. The predicted octanol–water partition coefficient (Wildman–Crippen LogP) is -0.365. The number of aliphatic hydroxyl groups excluding tert-OH is 1. The van der Waals surface area contributed by atoms with Gasteiger partial charge in [-0.15, -0.1) is 11.8 Å². The Hall–Kier alpha value is -1.82. The normalized spacial score (nSPS) is 33.2. The van der Waals surface area contributed by atoms with Crippen molar-refractivity contribution < 1.29 is 29.3 Å². The van der Waals surface area contributed by atoms with Crippen molar-refractivity contribution in [2.24, 2.45) is 17.6 Å². The lowest BCUT2D eigenvalue weighted by Crippen LogP contribution is -2.63. The number of nitrogens with two attached hydrogens (primary N) is 1. The van der Waals surface area contributed by atoms with E-state index in [4.69, 9.17) is 15.6 Å². The Bertz CT molecular complexity index is 729. The largest absolute Gasteiger partial charge is 0.512 e. The van der Waals surface area contributed by atoms with Gasteiger partial charge in [0.15, 0.2) is 0 Å². The maximum absolute atomic E-state index is 12.5. The molecule has 3 heterocycles. The Morgan fingerprint density at radius 1 is 1.48 bits per heavy atom. The van der Waals surface area contributed by atoms with Crippen LogP contribution in [0.15, 0.2) is 10.8 Å². The highest BCUT2D eigenvalue weighted by molar-refractivity contribution is 8.03. The third-order valence-corrected chi connectivity index (χ3v) is 7.29. The summed E-state index contributed by atoms with van der Waals surface area (Å²) in [6.07, 6.45) is -1.57. The van der Waals surface area contributed by atoms with Gasteiger partial charge in [-0.3, -0.25) is 14.5 Å². The highest BCUT2D eigenvalue weighted by Crippen LogP contribution is 2.52. The van der Waals surface area contributed by atoms with E-state index in [1.54, 1.807) is 6.92 Å². The lowest BCUT2D eigenvalue weighted by Gasteiger charge is -2.45. The molecular weight excluding hydrogens is 400 g/mol. The third-order valence-electron chi connectivity index (χ3n) is 5.79. The highest BCUT2D eigenvalue weighted by atomic mass is 32.2. The van der Waals surface area contributed by atoms with Crippen LogP contribution >= 0.6 is 11.8 Å². The number of hydrogen-bond donors (Lipinski definition) is 5. The van der Waals surface area contributed by atoms with Gasteiger partial charge in [0.1, 0.15) is 0 Å². The third kappa shape index (κ3) is 4.09. The summed E-state index contributed by atoms with van der Waals surface area (Å²) in [5, 5.41) is 25.4. The topological polar surface area (TPSA) is 154 Å². The van der Waals surface area contributed by atoms with Crippen LogP contribution < -0.4 is 16.4 Å². The Labute approximate surface area is 173 Å². The molecule has 2 fully saturated rings. The van der Waals surface area contributed by atoms with E-state index in [0.29, 0.717) is 18.0 Å². The average molecular weight is 429 g/mol. The highest BCUT2D eigenvalue weighted by Gasteiger charge is 2.60. The number of β-lactam (4-membered cyclic amide) rings is 1. The molecule has 2 amide bonds. The fourth-order valence-corrected chi connectivity index (χ4v) is 5.93. The fourth-order valence-electron chi connectivity index (χ4n) is 4.50. The molecule has 10 nitrogen and oxygen atoms in total. The monoisotopic (exact) mass is 428 g/mol. The summed E-state index contributed by atoms with van der Waals surface area (Å²) in [6, 6.07) is -0.490. The number of carboxylic acid groups (broad SMARTS) is 1. The molecule has 0 aliphatic carbocycles. The molecule has 7 atom stereocenters. The molecule has 1 unspecified atom stereocenters. The zero-order chi connectivity index (χ0) is 21.5. The quantitative estimate of drug-likeness (QED) is 0.270. The standard InChI is InChI=1S/C18H28N4O6S/c1-7-14-13(8(2)23)16(25)22(14)17(28-18(26)27)15(7)29-10-4-11(20-6-10)12(5-19)21-9(3)24/h7-8,10-14,20,23H,4-6,19H2,1-3H3,(H,21,24)(H,26,27)/t7-,8-,10+,11+,12?,13-,14+/m1/s1. The van der Waals surface area contributed by atoms with Gasteiger partial charge in [0.25, 0.3) is 0 Å². The van der Waals surface area contributed by atoms with E-state index in [0.717, 1.165) is 6.42 Å². The first-order valence-electron chi connectivity index (χ1n) is 9.69. The number of nitrogens with one attached hydrogen (secondary N) is 2. The van der Waals surface area contributed by atoms with Crippen LogP contribution in [0.4, 0.5) is 4.79 Å². The van der Waals surface area contributed by atoms with E-state index in [9.17, 15) is 19.5 Å². The van der Waals surface area contributed by atoms with Crippen molar-refractivity contribution in [2.75, 3.05) is 13.1 Å². The lowest BCUT2D eigenvalue weighted by molar-refractivity contribution is -0.163. The smallest absolute Gasteiger partial charge is 0.449 e. The van der Waals surface area contributed by atoms with Crippen LogP contribution in [0.3, 0.4) is 0 Å². The summed E-state index contributed by atoms with van der Waals surface area (Å²) in [5.74, 6) is -1.12. The maximum atomic E-state index is 12.5. The van der Waals surface area contributed by atoms with Gasteiger partial charge in [-0.2, -0.15) is 0 Å². The first-order chi connectivity index (χ1) is 13.6. The number of carbonyl (C=O) groups excluding carboxylic acids is 2. The van der Waals surface area contributed by atoms with Crippen LogP contribution in [0.2, 0.25) is 0 Å². The van der Waals surface area contributed by atoms with Crippen LogP contribution in [0, 0.1) is 11.8 Å². The summed E-state index contributed by atoms with van der Waals surface area (Å²) in [4.78, 5) is 37.1. The second kappa shape index (κ2) is 8.50. The minimum Gasteiger partial charge on any atom is -0.449 e. The molecule has 3 aliphatic heterocycles. The van der Waals surface area contributed by atoms with E-state index >= 15 is 0 Å². The number of ether oxygens (including phenoxy) is 1. The number of nitrogens with zero attached hydrogens (tertiary/aromatic N) is 1. The molecule has 6 N–H and O–H groups in total. The second-order valence-corrected chi connectivity index (χ2v) is 9.17. The van der Waals surface area contributed by atoms with E-state index < -0.39 is 18.2 Å². The number of rotatable bonds is 7. The van der Waals surface area contributed by atoms with Gasteiger partial charge in [-0.1, -0.05) is 6.92 Å². The lowest BCUT2D eigenvalue weighted by atomic mass is 9.79. The Morgan fingerprint density at radius 2 is 2.17 bits per heavy atom. The van der Waals surface area contributed by atoms with Gasteiger partial charge in [0, 0.05) is 37.2 Å². The van der Waals surface area contributed by atoms with Crippen LogP contribution in [-0.2, 0) is 14.3 Å². The van der Waals surface area contributed by atoms with Crippen molar-refractivity contribution in [1.29, 1.82) is 0 Å². The van der Waals surface area contributed by atoms with Gasteiger partial charge in [-0.25, -0.2) is 4.79 Å². The predicted molar refractivity (Wildman–Crippen MR) is 106 cm³/mol. The molecular formula is C18H28N4O6S. The molecule has 11 heteroatoms. The molecule has 2 saturated heterocycles. The van der Waals surface area contributed by atoms with Crippen molar-refractivity contribution in [2.45, 2.75) is 56.7 Å². The Balaban J connectivity index is 1.75. The van der Waals surface area contributed by atoms with Crippen molar-refractivity contribution >= 4 is 29.7 Å². The molecule has 0 aromatic heterocycles. The Morgan fingerprint density at radius 3 is 2.72 bits per heavy atom. The average Bonchev–Trinajstić information content (AvgIpc) is 3.15. The SMILES string of the molecule is CC(=O)NC(CN)[C@@H]1C[C@H](SC2=C(OC(=O)O)N3C(=O)[C@H]([C@@H](C)O)[C@@H]3[C@H]2C)CN1. The van der Waals surface area contributed by atoms with E-state index in [-0.39, 0.29) is 47.0 Å². The van der Waals surface area contributed by atoms with Gasteiger partial charge < -0.3 is 31.3 Å². The van der Waals surface area contributed by atoms with Gasteiger partial charge in [0.2, 0.25) is 17.7 Å². The summed E-state index contributed by atoms with van der Waals surface area (Å²) < 4.78 is 4.99. The number of amides is 2. The maximum Gasteiger partial charge on any atom is 0.512 e.